The van der Waals surface area contributed by atoms with Gasteiger partial charge in [0.15, 0.2) is 5.78 Å². The third-order valence-electron chi connectivity index (χ3n) is 1.77. The smallest absolute Gasteiger partial charge is 0.160 e. The largest absolute Gasteiger partial charge is 0.400 e. The lowest BCUT2D eigenvalue weighted by atomic mass is 10.0. The zero-order chi connectivity index (χ0) is 12.4. The normalized spacial score (nSPS) is 7.93. The van der Waals surface area contributed by atoms with Gasteiger partial charge < -0.3 is 5.11 Å². The van der Waals surface area contributed by atoms with E-state index in [4.69, 9.17) is 5.11 Å². The third-order valence-corrected chi connectivity index (χ3v) is 1.77. The minimum absolute atomic E-state index is 0.145. The second-order valence-corrected chi connectivity index (χ2v) is 2.87. The summed E-state index contributed by atoms with van der Waals surface area (Å²) in [6, 6.07) is 5.92. The summed E-state index contributed by atoms with van der Waals surface area (Å²) in [6.07, 6.45) is 0. The van der Waals surface area contributed by atoms with E-state index in [1.807, 2.05) is 45.9 Å². The quantitative estimate of drug-likeness (QED) is 0.723. The van der Waals surface area contributed by atoms with Gasteiger partial charge in [-0.3, -0.25) is 4.79 Å². The molecule has 0 fully saturated rings. The molecule has 2 heteroatoms. The van der Waals surface area contributed by atoms with Crippen molar-refractivity contribution < 1.29 is 9.90 Å². The van der Waals surface area contributed by atoms with Crippen LogP contribution in [0.3, 0.4) is 0 Å². The van der Waals surface area contributed by atoms with Crippen LogP contribution in [0.4, 0.5) is 0 Å². The molecule has 0 amide bonds. The molecular formula is C13H22O2. The van der Waals surface area contributed by atoms with Gasteiger partial charge in [-0.05, 0) is 32.4 Å². The zero-order valence-corrected chi connectivity index (χ0v) is 10.6. The number of benzene rings is 1. The van der Waals surface area contributed by atoms with Crippen LogP contribution in [0.5, 0.6) is 0 Å². The number of aliphatic hydroxyl groups is 1. The predicted molar refractivity (Wildman–Crippen MR) is 65.4 cm³/mol. The van der Waals surface area contributed by atoms with E-state index in [0.717, 1.165) is 23.8 Å². The summed E-state index contributed by atoms with van der Waals surface area (Å²) in [5.41, 5.74) is 3.04. The van der Waals surface area contributed by atoms with Gasteiger partial charge >= 0.3 is 0 Å². The van der Waals surface area contributed by atoms with E-state index in [1.165, 1.54) is 0 Å². The zero-order valence-electron chi connectivity index (χ0n) is 10.6. The van der Waals surface area contributed by atoms with Crippen LogP contribution in [0, 0.1) is 13.8 Å². The maximum Gasteiger partial charge on any atom is 0.160 e. The molecule has 86 valence electrons. The highest BCUT2D eigenvalue weighted by atomic mass is 16.2. The fraction of sp³-hybridized carbons (Fsp3) is 0.462. The SMILES string of the molecule is CC.CC(=O)c1cc(C)ccc1C.CO. The van der Waals surface area contributed by atoms with Crippen molar-refractivity contribution in [1.29, 1.82) is 0 Å². The summed E-state index contributed by atoms with van der Waals surface area (Å²) >= 11 is 0. The van der Waals surface area contributed by atoms with Crippen molar-refractivity contribution in [2.75, 3.05) is 7.11 Å². The second kappa shape index (κ2) is 9.41. The molecule has 0 spiro atoms. The number of carbonyl (C=O) groups excluding carboxylic acids is 1. The highest BCUT2D eigenvalue weighted by Crippen LogP contribution is 2.10. The van der Waals surface area contributed by atoms with Gasteiger partial charge in [-0.2, -0.15) is 0 Å². The molecule has 0 aliphatic carbocycles. The van der Waals surface area contributed by atoms with Crippen molar-refractivity contribution in [3.05, 3.63) is 34.9 Å². The Morgan fingerprint density at radius 2 is 1.60 bits per heavy atom. The van der Waals surface area contributed by atoms with E-state index in [-0.39, 0.29) is 5.78 Å². The molecule has 0 aliphatic rings. The van der Waals surface area contributed by atoms with E-state index in [0.29, 0.717) is 0 Å². The Labute approximate surface area is 93.0 Å². The average Bonchev–Trinajstić information content (AvgIpc) is 2.27. The van der Waals surface area contributed by atoms with E-state index in [2.05, 4.69) is 0 Å². The molecule has 15 heavy (non-hydrogen) atoms. The summed E-state index contributed by atoms with van der Waals surface area (Å²) in [7, 11) is 1.00. The summed E-state index contributed by atoms with van der Waals surface area (Å²) in [6.45, 7) is 9.55. The maximum absolute atomic E-state index is 11.0. The number of rotatable bonds is 1. The van der Waals surface area contributed by atoms with Gasteiger partial charge in [0.1, 0.15) is 0 Å². The first-order valence-electron chi connectivity index (χ1n) is 5.14. The molecule has 1 aromatic carbocycles. The monoisotopic (exact) mass is 210 g/mol. The standard InChI is InChI=1S/C10H12O.C2H6.CH4O/c1-7-4-5-8(2)10(6-7)9(3)11;2*1-2/h4-6H,1-3H3;1-2H3;2H,1H3. The predicted octanol–water partition coefficient (Wildman–Crippen LogP) is 3.14. The number of Topliss-reactive ketones (excluding diaryl/α,β-unsaturated/α-hetero) is 1. The Kier molecular flexibility index (Phi) is 10.2. The van der Waals surface area contributed by atoms with Crippen LogP contribution < -0.4 is 0 Å². The lowest BCUT2D eigenvalue weighted by Crippen LogP contribution is -1.95. The molecule has 0 saturated carbocycles. The highest BCUT2D eigenvalue weighted by molar-refractivity contribution is 5.95. The van der Waals surface area contributed by atoms with E-state index in [1.54, 1.807) is 6.92 Å². The highest BCUT2D eigenvalue weighted by Gasteiger charge is 2.01. The van der Waals surface area contributed by atoms with Crippen LogP contribution in [-0.2, 0) is 0 Å². The molecule has 1 rings (SSSR count). The van der Waals surface area contributed by atoms with Gasteiger partial charge in [-0.1, -0.05) is 31.5 Å². The summed E-state index contributed by atoms with van der Waals surface area (Å²) < 4.78 is 0. The van der Waals surface area contributed by atoms with Crippen molar-refractivity contribution in [2.45, 2.75) is 34.6 Å². The minimum Gasteiger partial charge on any atom is -0.400 e. The average molecular weight is 210 g/mol. The first-order valence-corrected chi connectivity index (χ1v) is 5.14. The van der Waals surface area contributed by atoms with Crippen LogP contribution in [0.25, 0.3) is 0 Å². The minimum atomic E-state index is 0.145. The topological polar surface area (TPSA) is 37.3 Å². The van der Waals surface area contributed by atoms with Crippen LogP contribution >= 0.6 is 0 Å². The van der Waals surface area contributed by atoms with Crippen molar-refractivity contribution in [1.82, 2.24) is 0 Å². The van der Waals surface area contributed by atoms with E-state index >= 15 is 0 Å². The van der Waals surface area contributed by atoms with Gasteiger partial charge in [0.05, 0.1) is 0 Å². The first kappa shape index (κ1) is 16.3. The number of hydrogen-bond acceptors (Lipinski definition) is 2. The second-order valence-electron chi connectivity index (χ2n) is 2.87. The summed E-state index contributed by atoms with van der Waals surface area (Å²) in [5, 5.41) is 7.00. The van der Waals surface area contributed by atoms with Crippen molar-refractivity contribution in [3.63, 3.8) is 0 Å². The molecule has 0 bridgehead atoms. The van der Waals surface area contributed by atoms with Crippen molar-refractivity contribution in [2.24, 2.45) is 0 Å². The Morgan fingerprint density at radius 3 is 1.93 bits per heavy atom. The number of ketones is 1. The molecule has 0 heterocycles. The molecule has 1 N–H and O–H groups in total. The lowest BCUT2D eigenvalue weighted by Gasteiger charge is -2.01. The van der Waals surface area contributed by atoms with Crippen LogP contribution in [0.2, 0.25) is 0 Å². The van der Waals surface area contributed by atoms with Gasteiger partial charge in [0.2, 0.25) is 0 Å². The number of carbonyl (C=O) groups is 1. The van der Waals surface area contributed by atoms with Gasteiger partial charge in [-0.25, -0.2) is 0 Å². The molecule has 0 atom stereocenters. The fourth-order valence-electron chi connectivity index (χ4n) is 1.12. The van der Waals surface area contributed by atoms with E-state index < -0.39 is 0 Å². The van der Waals surface area contributed by atoms with Gasteiger partial charge in [-0.15, -0.1) is 0 Å². The van der Waals surface area contributed by atoms with E-state index in [9.17, 15) is 4.79 Å². The molecule has 0 aromatic heterocycles. The van der Waals surface area contributed by atoms with Crippen molar-refractivity contribution >= 4 is 5.78 Å². The lowest BCUT2D eigenvalue weighted by molar-refractivity contribution is 0.101. The Morgan fingerprint density at radius 1 is 1.13 bits per heavy atom. The summed E-state index contributed by atoms with van der Waals surface area (Å²) in [5.74, 6) is 0.145. The number of aryl methyl sites for hydroxylation is 2. The number of aliphatic hydroxyl groups excluding tert-OH is 1. The number of hydrogen-bond donors (Lipinski definition) is 1. The molecule has 2 nitrogen and oxygen atoms in total. The Bertz CT molecular complexity index is 291. The van der Waals surface area contributed by atoms with Crippen molar-refractivity contribution in [3.8, 4) is 0 Å². The molecule has 0 radical (unpaired) electrons. The Hall–Kier alpha value is -1.15. The fourth-order valence-corrected chi connectivity index (χ4v) is 1.12. The van der Waals surface area contributed by atoms with Gasteiger partial charge in [0, 0.05) is 12.7 Å². The molecule has 0 aliphatic heterocycles. The Balaban J connectivity index is 0. The first-order chi connectivity index (χ1) is 7.11. The molecule has 0 saturated heterocycles. The maximum atomic E-state index is 11.0. The van der Waals surface area contributed by atoms with Crippen LogP contribution in [0.1, 0.15) is 42.3 Å². The summed E-state index contributed by atoms with van der Waals surface area (Å²) in [4.78, 5) is 11.0. The molecular weight excluding hydrogens is 188 g/mol. The third kappa shape index (κ3) is 6.02. The van der Waals surface area contributed by atoms with Crippen LogP contribution in [-0.4, -0.2) is 18.0 Å². The molecule has 0 unspecified atom stereocenters. The van der Waals surface area contributed by atoms with Crippen LogP contribution in [0.15, 0.2) is 18.2 Å². The van der Waals surface area contributed by atoms with Gasteiger partial charge in [0.25, 0.3) is 0 Å². The molecule has 1 aromatic rings.